The maximum Gasteiger partial charge on any atom is 0.229 e. The molecule has 2 aliphatic carbocycles. The fraction of sp³-hybridized carbons (Fsp3) is 0.917. The van der Waals surface area contributed by atoms with Crippen LogP contribution in [0.4, 0.5) is 8.78 Å². The van der Waals surface area contributed by atoms with Crippen molar-refractivity contribution in [2.45, 2.75) is 102 Å². The van der Waals surface area contributed by atoms with E-state index in [1.165, 1.54) is 0 Å². The average molecular weight is 488 g/mol. The molecule has 0 aromatic carbocycles. The predicted octanol–water partition coefficient (Wildman–Crippen LogP) is 2.74. The maximum absolute atomic E-state index is 13.5. The molecule has 1 saturated heterocycles. The summed E-state index contributed by atoms with van der Waals surface area (Å²) < 4.78 is 37.8. The number of rotatable bonds is 9. The molecular weight excluding hydrogens is 444 g/mol. The Kier molecular flexibility index (Phi) is 10.5. The zero-order valence-electron chi connectivity index (χ0n) is 20.9. The monoisotopic (exact) mass is 487 g/mol. The molecule has 4 N–H and O–H groups in total. The van der Waals surface area contributed by atoms with Crippen LogP contribution >= 0.6 is 0 Å². The largest absolute Gasteiger partial charge is 0.382 e. The number of carbonyl (C=O) groups excluding carboxylic acids is 1. The minimum absolute atomic E-state index is 0.127. The van der Waals surface area contributed by atoms with Gasteiger partial charge in [-0.15, -0.1) is 0 Å². The second-order valence-corrected chi connectivity index (χ2v) is 10.6. The average Bonchev–Trinajstić information content (AvgIpc) is 3.25. The van der Waals surface area contributed by atoms with Crippen molar-refractivity contribution >= 4 is 11.9 Å². The molecule has 196 valence electrons. The zero-order chi connectivity index (χ0) is 24.6. The van der Waals surface area contributed by atoms with Gasteiger partial charge in [-0.3, -0.25) is 15.5 Å². The van der Waals surface area contributed by atoms with Crippen LogP contribution in [-0.4, -0.2) is 68.9 Å². The molecule has 3 fully saturated rings. The van der Waals surface area contributed by atoms with Gasteiger partial charge in [-0.05, 0) is 71.1 Å². The van der Waals surface area contributed by atoms with Crippen LogP contribution in [0.2, 0.25) is 0 Å². The van der Waals surface area contributed by atoms with Gasteiger partial charge in [0.25, 0.3) is 0 Å². The topological polar surface area (TPSA) is 96.0 Å². The standard InChI is InChI=1S/C24H43F2N5O3/c1-24(2,15-34-13-12-33-3)29-23(28-22(32)17-6-10-19(26)11-7-17)27-21-14-20(30-31-21)16-4-8-18(25)9-5-16/h16-21,30-31H,4-15H2,1-3H3,(H2,27,28,29,32). The number of nitrogens with zero attached hydrogens (tertiary/aromatic N) is 1. The van der Waals surface area contributed by atoms with Crippen LogP contribution in [0.15, 0.2) is 4.99 Å². The molecule has 0 aromatic heterocycles. The third-order valence-corrected chi connectivity index (χ3v) is 7.09. The van der Waals surface area contributed by atoms with Crippen LogP contribution in [-0.2, 0) is 14.3 Å². The zero-order valence-corrected chi connectivity index (χ0v) is 20.9. The van der Waals surface area contributed by atoms with Gasteiger partial charge in [-0.1, -0.05) is 0 Å². The molecule has 34 heavy (non-hydrogen) atoms. The van der Waals surface area contributed by atoms with Gasteiger partial charge in [0.15, 0.2) is 5.96 Å². The van der Waals surface area contributed by atoms with Crippen molar-refractivity contribution in [2.24, 2.45) is 16.8 Å². The van der Waals surface area contributed by atoms with Crippen LogP contribution in [0.1, 0.15) is 71.6 Å². The molecule has 3 rings (SSSR count). The number of methoxy groups -OCH3 is 1. The van der Waals surface area contributed by atoms with E-state index >= 15 is 0 Å². The molecule has 1 heterocycles. The normalized spacial score (nSPS) is 33.0. The van der Waals surface area contributed by atoms with Gasteiger partial charge < -0.3 is 14.8 Å². The Bertz CT molecular complexity index is 665. The van der Waals surface area contributed by atoms with Gasteiger partial charge in [0.2, 0.25) is 5.91 Å². The summed E-state index contributed by atoms with van der Waals surface area (Å²) in [4.78, 5) is 17.7. The van der Waals surface area contributed by atoms with Crippen LogP contribution in [0.3, 0.4) is 0 Å². The van der Waals surface area contributed by atoms with Gasteiger partial charge in [-0.25, -0.2) is 19.2 Å². The predicted molar refractivity (Wildman–Crippen MR) is 128 cm³/mol. The number of ether oxygens (including phenoxy) is 2. The summed E-state index contributed by atoms with van der Waals surface area (Å²) >= 11 is 0. The summed E-state index contributed by atoms with van der Waals surface area (Å²) in [6.07, 6.45) is 4.01. The molecule has 2 unspecified atom stereocenters. The van der Waals surface area contributed by atoms with Crippen molar-refractivity contribution in [3.63, 3.8) is 0 Å². The molecule has 0 radical (unpaired) electrons. The fourth-order valence-electron chi connectivity index (χ4n) is 5.05. The SMILES string of the molecule is COCCOCC(C)(C)N/C(=N\C1CC(C2CCC(F)CC2)NN1)NC(=O)C1CCC(F)CC1. The van der Waals surface area contributed by atoms with Gasteiger partial charge >= 0.3 is 0 Å². The highest BCUT2D eigenvalue weighted by Crippen LogP contribution is 2.31. The number of guanidine groups is 1. The van der Waals surface area contributed by atoms with Crippen molar-refractivity contribution in [2.75, 3.05) is 26.9 Å². The van der Waals surface area contributed by atoms with Gasteiger partial charge in [0, 0.05) is 25.5 Å². The van der Waals surface area contributed by atoms with E-state index in [0.29, 0.717) is 70.2 Å². The van der Waals surface area contributed by atoms with E-state index in [4.69, 9.17) is 14.5 Å². The number of amides is 1. The number of carbonyl (C=O) groups is 1. The van der Waals surface area contributed by atoms with E-state index < -0.39 is 17.9 Å². The Hall–Kier alpha value is -1.36. The lowest BCUT2D eigenvalue weighted by atomic mass is 9.82. The van der Waals surface area contributed by atoms with E-state index in [9.17, 15) is 13.6 Å². The number of hydrogen-bond acceptors (Lipinski definition) is 6. The quantitative estimate of drug-likeness (QED) is 0.227. The number of halogens is 2. The van der Waals surface area contributed by atoms with Crippen molar-refractivity contribution in [3.05, 3.63) is 0 Å². The van der Waals surface area contributed by atoms with Crippen LogP contribution in [0.25, 0.3) is 0 Å². The van der Waals surface area contributed by atoms with Crippen molar-refractivity contribution < 1.29 is 23.0 Å². The summed E-state index contributed by atoms with van der Waals surface area (Å²) in [5, 5.41) is 6.30. The third kappa shape index (κ3) is 8.70. The van der Waals surface area contributed by atoms with Crippen molar-refractivity contribution in [1.82, 2.24) is 21.5 Å². The summed E-state index contributed by atoms with van der Waals surface area (Å²) in [5.74, 6) is 0.476. The molecular formula is C24H43F2N5O3. The first-order chi connectivity index (χ1) is 16.3. The first kappa shape index (κ1) is 27.2. The van der Waals surface area contributed by atoms with Crippen LogP contribution < -0.4 is 21.5 Å². The molecule has 0 spiro atoms. The van der Waals surface area contributed by atoms with E-state index in [-0.39, 0.29) is 24.0 Å². The smallest absolute Gasteiger partial charge is 0.229 e. The second-order valence-electron chi connectivity index (χ2n) is 10.6. The van der Waals surface area contributed by atoms with E-state index in [1.807, 2.05) is 13.8 Å². The highest BCUT2D eigenvalue weighted by atomic mass is 19.1. The number of aliphatic imine (C=N–C) groups is 1. The molecule has 0 bridgehead atoms. The van der Waals surface area contributed by atoms with E-state index in [2.05, 4.69) is 21.5 Å². The summed E-state index contributed by atoms with van der Waals surface area (Å²) in [6, 6.07) is 0.225. The Morgan fingerprint density at radius 2 is 1.65 bits per heavy atom. The molecule has 1 aliphatic heterocycles. The van der Waals surface area contributed by atoms with Gasteiger partial charge in [0.1, 0.15) is 18.5 Å². The van der Waals surface area contributed by atoms with E-state index in [1.54, 1.807) is 7.11 Å². The lowest BCUT2D eigenvalue weighted by Crippen LogP contribution is -2.55. The van der Waals surface area contributed by atoms with Crippen LogP contribution in [0.5, 0.6) is 0 Å². The molecule has 3 aliphatic rings. The highest BCUT2D eigenvalue weighted by molar-refractivity contribution is 5.98. The first-order valence-electron chi connectivity index (χ1n) is 12.8. The Morgan fingerprint density at radius 3 is 2.29 bits per heavy atom. The van der Waals surface area contributed by atoms with E-state index in [0.717, 1.165) is 19.3 Å². The lowest BCUT2D eigenvalue weighted by Gasteiger charge is -2.30. The lowest BCUT2D eigenvalue weighted by molar-refractivity contribution is -0.124. The molecule has 1 amide bonds. The molecule has 2 saturated carbocycles. The molecule has 0 aromatic rings. The fourth-order valence-corrected chi connectivity index (χ4v) is 5.05. The first-order valence-corrected chi connectivity index (χ1v) is 12.8. The Balaban J connectivity index is 1.61. The molecule has 10 heteroatoms. The number of nitrogens with one attached hydrogen (secondary N) is 4. The van der Waals surface area contributed by atoms with Gasteiger partial charge in [-0.2, -0.15) is 0 Å². The van der Waals surface area contributed by atoms with Crippen molar-refractivity contribution in [3.8, 4) is 0 Å². The molecule has 8 nitrogen and oxygen atoms in total. The van der Waals surface area contributed by atoms with Gasteiger partial charge in [0.05, 0.1) is 25.4 Å². The Labute approximate surface area is 202 Å². The van der Waals surface area contributed by atoms with Crippen molar-refractivity contribution in [1.29, 1.82) is 0 Å². The summed E-state index contributed by atoms with van der Waals surface area (Å²) in [7, 11) is 1.63. The molecule has 2 atom stereocenters. The summed E-state index contributed by atoms with van der Waals surface area (Å²) in [6.45, 7) is 5.35. The highest BCUT2D eigenvalue weighted by Gasteiger charge is 2.34. The van der Waals surface area contributed by atoms with Crippen LogP contribution in [0, 0.1) is 11.8 Å². The minimum Gasteiger partial charge on any atom is -0.382 e. The minimum atomic E-state index is -0.809. The second kappa shape index (κ2) is 13.1. The maximum atomic E-state index is 13.5. The number of hydrazine groups is 1. The third-order valence-electron chi connectivity index (χ3n) is 7.09. The number of hydrogen-bond donors (Lipinski definition) is 4. The number of alkyl halides is 2. The summed E-state index contributed by atoms with van der Waals surface area (Å²) in [5.41, 5.74) is 6.07. The Morgan fingerprint density at radius 1 is 1.00 bits per heavy atom.